The molecule has 0 heterocycles. The van der Waals surface area contributed by atoms with Gasteiger partial charge in [-0.25, -0.2) is 0 Å². The fraction of sp³-hybridized carbons (Fsp3) is 0.462. The molecule has 2 nitrogen and oxygen atoms in total. The first kappa shape index (κ1) is 13.2. The highest BCUT2D eigenvalue weighted by atomic mass is 31.0. The molecule has 0 radical (unpaired) electrons. The third-order valence-electron chi connectivity index (χ3n) is 2.74. The van der Waals surface area contributed by atoms with Crippen molar-refractivity contribution < 1.29 is 9.32 Å². The van der Waals surface area contributed by atoms with Gasteiger partial charge in [0.25, 0.3) is 0 Å². The fourth-order valence-electron chi connectivity index (χ4n) is 1.63. The van der Waals surface area contributed by atoms with Crippen molar-refractivity contribution in [3.05, 3.63) is 35.9 Å². The van der Waals surface area contributed by atoms with Gasteiger partial charge < -0.3 is 4.52 Å². The van der Waals surface area contributed by atoms with Crippen molar-refractivity contribution in [2.75, 3.05) is 0 Å². The minimum Gasteiger partial charge on any atom is -0.452 e. The Morgan fingerprint density at radius 2 is 2.00 bits per heavy atom. The molecule has 0 N–H and O–H groups in total. The summed E-state index contributed by atoms with van der Waals surface area (Å²) in [5.74, 6) is 0.417. The van der Waals surface area contributed by atoms with Gasteiger partial charge in [0.15, 0.2) is 0 Å². The highest BCUT2D eigenvalue weighted by Crippen LogP contribution is 2.15. The molecular formula is C13H19O2P. The van der Waals surface area contributed by atoms with Crippen LogP contribution in [0.5, 0.6) is 0 Å². The van der Waals surface area contributed by atoms with Gasteiger partial charge in [0.1, 0.15) is 0 Å². The molecular weight excluding hydrogens is 219 g/mol. The molecule has 0 aromatic heterocycles. The molecule has 1 aromatic carbocycles. The van der Waals surface area contributed by atoms with E-state index < -0.39 is 0 Å². The van der Waals surface area contributed by atoms with Crippen molar-refractivity contribution in [3.8, 4) is 0 Å². The molecule has 0 amide bonds. The van der Waals surface area contributed by atoms with E-state index in [0.29, 0.717) is 12.3 Å². The average molecular weight is 238 g/mol. The van der Waals surface area contributed by atoms with E-state index in [1.807, 2.05) is 15.5 Å². The van der Waals surface area contributed by atoms with Gasteiger partial charge in [-0.05, 0) is 30.7 Å². The van der Waals surface area contributed by atoms with Gasteiger partial charge >= 0.3 is 5.97 Å². The Morgan fingerprint density at radius 3 is 2.62 bits per heavy atom. The predicted molar refractivity (Wildman–Crippen MR) is 69.0 cm³/mol. The number of hydrogen-bond acceptors (Lipinski definition) is 2. The van der Waals surface area contributed by atoms with Crippen molar-refractivity contribution in [1.29, 1.82) is 0 Å². The van der Waals surface area contributed by atoms with E-state index in [1.165, 1.54) is 5.56 Å². The van der Waals surface area contributed by atoms with Gasteiger partial charge in [-0.3, -0.25) is 4.79 Å². The number of benzene rings is 1. The Balaban J connectivity index is 2.20. The standard InChI is InChI=1S/C13H19O2P/c1-11(8-10-13(14)15-16)7-9-12-5-3-2-4-6-12/h2-6,11H,7-10,16H2,1H3. The molecule has 1 rings (SSSR count). The highest BCUT2D eigenvalue weighted by Gasteiger charge is 2.06. The topological polar surface area (TPSA) is 26.3 Å². The maximum Gasteiger partial charge on any atom is 0.307 e. The maximum absolute atomic E-state index is 10.9. The van der Waals surface area contributed by atoms with Gasteiger partial charge in [0.05, 0.1) is 9.47 Å². The predicted octanol–water partition coefficient (Wildman–Crippen LogP) is 3.37. The third-order valence-corrected chi connectivity index (χ3v) is 3.00. The smallest absolute Gasteiger partial charge is 0.307 e. The zero-order valence-corrected chi connectivity index (χ0v) is 10.8. The Kier molecular flexibility index (Phi) is 6.10. The number of hydrogen-bond donors (Lipinski definition) is 0. The first-order valence-electron chi connectivity index (χ1n) is 5.66. The Bertz CT molecular complexity index is 311. The summed E-state index contributed by atoms with van der Waals surface area (Å²) < 4.78 is 4.54. The lowest BCUT2D eigenvalue weighted by molar-refractivity contribution is -0.133. The molecule has 1 aromatic rings. The molecule has 3 heteroatoms. The lowest BCUT2D eigenvalue weighted by Gasteiger charge is -2.10. The summed E-state index contributed by atoms with van der Waals surface area (Å²) >= 11 is 0. The van der Waals surface area contributed by atoms with Crippen LogP contribution in [0.2, 0.25) is 0 Å². The molecule has 0 spiro atoms. The molecule has 0 saturated carbocycles. The second-order valence-electron chi connectivity index (χ2n) is 4.16. The van der Waals surface area contributed by atoms with E-state index in [9.17, 15) is 4.79 Å². The molecule has 2 atom stereocenters. The van der Waals surface area contributed by atoms with Crippen LogP contribution in [-0.2, 0) is 15.7 Å². The molecule has 16 heavy (non-hydrogen) atoms. The van der Waals surface area contributed by atoms with E-state index in [2.05, 4.69) is 35.7 Å². The summed E-state index contributed by atoms with van der Waals surface area (Å²) in [6.45, 7) is 2.18. The van der Waals surface area contributed by atoms with E-state index in [-0.39, 0.29) is 5.97 Å². The van der Waals surface area contributed by atoms with Crippen molar-refractivity contribution in [2.45, 2.75) is 32.6 Å². The second-order valence-corrected chi connectivity index (χ2v) is 4.39. The van der Waals surface area contributed by atoms with E-state index >= 15 is 0 Å². The van der Waals surface area contributed by atoms with Crippen LogP contribution in [0.1, 0.15) is 31.7 Å². The third kappa shape index (κ3) is 5.27. The minimum atomic E-state index is -0.142. The summed E-state index contributed by atoms with van der Waals surface area (Å²) in [7, 11) is 2.00. The second kappa shape index (κ2) is 7.40. The molecule has 0 bridgehead atoms. The van der Waals surface area contributed by atoms with Crippen LogP contribution >= 0.6 is 9.47 Å². The first-order valence-corrected chi connectivity index (χ1v) is 6.13. The van der Waals surface area contributed by atoms with Gasteiger partial charge in [0.2, 0.25) is 0 Å². The van der Waals surface area contributed by atoms with E-state index in [0.717, 1.165) is 19.3 Å². The zero-order chi connectivity index (χ0) is 11.8. The van der Waals surface area contributed by atoms with Crippen LogP contribution in [0.25, 0.3) is 0 Å². The number of aryl methyl sites for hydroxylation is 1. The van der Waals surface area contributed by atoms with E-state index in [1.54, 1.807) is 0 Å². The monoisotopic (exact) mass is 238 g/mol. The summed E-state index contributed by atoms with van der Waals surface area (Å²) in [5.41, 5.74) is 1.36. The van der Waals surface area contributed by atoms with Crippen LogP contribution in [0.3, 0.4) is 0 Å². The van der Waals surface area contributed by atoms with Crippen LogP contribution in [0.4, 0.5) is 0 Å². The average Bonchev–Trinajstić information content (AvgIpc) is 2.34. The van der Waals surface area contributed by atoms with Crippen molar-refractivity contribution >= 4 is 15.4 Å². The Hall–Kier alpha value is -0.880. The van der Waals surface area contributed by atoms with Crippen molar-refractivity contribution in [1.82, 2.24) is 0 Å². The minimum absolute atomic E-state index is 0.142. The van der Waals surface area contributed by atoms with Gasteiger partial charge in [-0.1, -0.05) is 37.3 Å². The highest BCUT2D eigenvalue weighted by molar-refractivity contribution is 7.10. The number of carbonyl (C=O) groups is 1. The zero-order valence-electron chi connectivity index (χ0n) is 9.69. The molecule has 2 unspecified atom stereocenters. The quantitative estimate of drug-likeness (QED) is 0.710. The normalized spacial score (nSPS) is 12.1. The van der Waals surface area contributed by atoms with Gasteiger partial charge in [0, 0.05) is 6.42 Å². The summed E-state index contributed by atoms with van der Waals surface area (Å²) in [5, 5.41) is 0. The molecule has 0 saturated heterocycles. The molecule has 0 aliphatic carbocycles. The first-order chi connectivity index (χ1) is 7.72. The van der Waals surface area contributed by atoms with Gasteiger partial charge in [-0.2, -0.15) is 0 Å². The van der Waals surface area contributed by atoms with Crippen LogP contribution in [0, 0.1) is 5.92 Å². The van der Waals surface area contributed by atoms with E-state index in [4.69, 9.17) is 0 Å². The van der Waals surface area contributed by atoms with Crippen LogP contribution in [0.15, 0.2) is 30.3 Å². The molecule has 0 fully saturated rings. The van der Waals surface area contributed by atoms with Crippen LogP contribution < -0.4 is 0 Å². The molecule has 88 valence electrons. The fourth-order valence-corrected chi connectivity index (χ4v) is 1.74. The molecule has 0 aliphatic rings. The van der Waals surface area contributed by atoms with Gasteiger partial charge in [-0.15, -0.1) is 0 Å². The summed E-state index contributed by atoms with van der Waals surface area (Å²) in [6.07, 6.45) is 3.62. The SMILES string of the molecule is CC(CCC(=O)OP)CCc1ccccc1. The maximum atomic E-state index is 10.9. The van der Waals surface area contributed by atoms with Crippen molar-refractivity contribution in [3.63, 3.8) is 0 Å². The lowest BCUT2D eigenvalue weighted by Crippen LogP contribution is -2.03. The number of rotatable bonds is 6. The summed E-state index contributed by atoms with van der Waals surface area (Å²) in [4.78, 5) is 10.9. The Labute approximate surface area is 99.7 Å². The van der Waals surface area contributed by atoms with Crippen LogP contribution in [-0.4, -0.2) is 5.97 Å². The summed E-state index contributed by atoms with van der Waals surface area (Å²) in [6, 6.07) is 10.4. The van der Waals surface area contributed by atoms with Crippen molar-refractivity contribution in [2.24, 2.45) is 5.92 Å². The number of carbonyl (C=O) groups excluding carboxylic acids is 1. The Morgan fingerprint density at radius 1 is 1.31 bits per heavy atom. The largest absolute Gasteiger partial charge is 0.452 e. The lowest BCUT2D eigenvalue weighted by atomic mass is 9.97. The molecule has 0 aliphatic heterocycles.